The monoisotopic (exact) mass is 490 g/mol. The van der Waals surface area contributed by atoms with Crippen LogP contribution in [0.2, 0.25) is 0 Å². The predicted octanol–water partition coefficient (Wildman–Crippen LogP) is 3.70. The fourth-order valence-electron chi connectivity index (χ4n) is 2.33. The highest BCUT2D eigenvalue weighted by Crippen LogP contribution is 2.26. The number of aryl methyl sites for hydroxylation is 1. The van der Waals surface area contributed by atoms with Gasteiger partial charge >= 0.3 is 0 Å². The second-order valence-corrected chi connectivity index (χ2v) is 7.84. The predicted molar refractivity (Wildman–Crippen MR) is 102 cm³/mol. The van der Waals surface area contributed by atoms with Gasteiger partial charge in [-0.05, 0) is 44.2 Å². The number of benzene rings is 2. The highest BCUT2D eigenvalue weighted by molar-refractivity contribution is 9.10. The molecule has 0 aliphatic rings. The molecule has 0 fully saturated rings. The number of nitrogens with zero attached hydrogens (tertiary/aromatic N) is 2. The summed E-state index contributed by atoms with van der Waals surface area (Å²) >= 11 is 7.07. The van der Waals surface area contributed by atoms with E-state index in [1.54, 1.807) is 0 Å². The lowest BCUT2D eigenvalue weighted by atomic mass is 10.1. The van der Waals surface area contributed by atoms with E-state index in [-0.39, 0.29) is 6.61 Å². The van der Waals surface area contributed by atoms with Crippen LogP contribution < -0.4 is 4.68 Å². The van der Waals surface area contributed by atoms with Gasteiger partial charge in [0.05, 0.1) is 12.0 Å². The number of halogens is 2. The third kappa shape index (κ3) is 5.42. The normalized spacial score (nSPS) is 11.4. The van der Waals surface area contributed by atoms with Crippen molar-refractivity contribution in [2.45, 2.75) is 20.4 Å². The first-order chi connectivity index (χ1) is 11.7. The molecule has 0 radical (unpaired) electrons. The van der Waals surface area contributed by atoms with E-state index in [1.165, 1.54) is 17.7 Å². The van der Waals surface area contributed by atoms with E-state index in [0.29, 0.717) is 0 Å². The largest absolute Gasteiger partial charge is 0.726 e. The molecule has 134 valence electrons. The summed E-state index contributed by atoms with van der Waals surface area (Å²) in [7, 11) is -4.42. The quantitative estimate of drug-likeness (QED) is 0.241. The summed E-state index contributed by atoms with van der Waals surface area (Å²) in [5.74, 6) is 0. The van der Waals surface area contributed by atoms with Gasteiger partial charge in [-0.1, -0.05) is 36.5 Å². The van der Waals surface area contributed by atoms with Crippen LogP contribution in [0.5, 0.6) is 0 Å². The number of hydrogen-bond donors (Lipinski definition) is 0. The highest BCUT2D eigenvalue weighted by atomic mass is 79.9. The van der Waals surface area contributed by atoms with Crippen LogP contribution in [0.3, 0.4) is 0 Å². The van der Waals surface area contributed by atoms with Crippen molar-refractivity contribution in [3.63, 3.8) is 0 Å². The first-order valence-electron chi connectivity index (χ1n) is 7.44. The average molecular weight is 492 g/mol. The Labute approximate surface area is 163 Å². The SMILES string of the molecule is CCOS(=O)(=O)[O-].CC[n+]1nc2ccc(Br)cc2c2cc(Br)ccc21. The van der Waals surface area contributed by atoms with Gasteiger partial charge in [-0.15, -0.1) is 0 Å². The molecule has 0 spiro atoms. The molecule has 1 heterocycles. The summed E-state index contributed by atoms with van der Waals surface area (Å²) in [4.78, 5) is 0. The summed E-state index contributed by atoms with van der Waals surface area (Å²) in [6, 6.07) is 12.5. The van der Waals surface area contributed by atoms with Crippen molar-refractivity contribution in [2.24, 2.45) is 0 Å². The standard InChI is InChI=1S/C14H11Br2N2.C2H6O4S/c1-2-18-14-6-4-10(16)8-12(14)11-7-9(15)3-5-13(11)17-18;1-2-6-7(3,4)5/h3-8H,2H2,1H3;2H2,1H3,(H,3,4,5)/q+1;/p-1. The molecule has 9 heteroatoms. The third-order valence-electron chi connectivity index (χ3n) is 3.28. The Kier molecular flexibility index (Phi) is 6.86. The van der Waals surface area contributed by atoms with Gasteiger partial charge in [-0.3, -0.25) is 4.18 Å². The molecule has 0 saturated carbocycles. The van der Waals surface area contributed by atoms with Crippen LogP contribution in [-0.2, 0) is 21.1 Å². The molecule has 25 heavy (non-hydrogen) atoms. The fraction of sp³-hybridized carbons (Fsp3) is 0.250. The lowest BCUT2D eigenvalue weighted by molar-refractivity contribution is -0.724. The Bertz CT molecular complexity index is 1010. The number of fused-ring (bicyclic) bond motifs is 3. The lowest BCUT2D eigenvalue weighted by Crippen LogP contribution is -2.37. The molecule has 0 aliphatic carbocycles. The second-order valence-electron chi connectivity index (χ2n) is 4.95. The van der Waals surface area contributed by atoms with Gasteiger partial charge in [0.15, 0.2) is 6.54 Å². The van der Waals surface area contributed by atoms with Crippen LogP contribution >= 0.6 is 31.9 Å². The Hall–Kier alpha value is -1.13. The molecule has 3 rings (SSSR count). The smallest absolute Gasteiger partial charge is 0.239 e. The van der Waals surface area contributed by atoms with E-state index in [2.05, 4.69) is 72.3 Å². The topological polar surface area (TPSA) is 83.2 Å². The van der Waals surface area contributed by atoms with Crippen LogP contribution in [0, 0.1) is 0 Å². The minimum Gasteiger partial charge on any atom is -0.726 e. The van der Waals surface area contributed by atoms with Crippen molar-refractivity contribution >= 4 is 64.1 Å². The first kappa shape index (κ1) is 20.2. The van der Waals surface area contributed by atoms with Gasteiger partial charge in [-0.25, -0.2) is 8.42 Å². The zero-order valence-corrected chi connectivity index (χ0v) is 17.6. The van der Waals surface area contributed by atoms with Gasteiger partial charge in [0, 0.05) is 25.5 Å². The maximum atomic E-state index is 9.45. The summed E-state index contributed by atoms with van der Waals surface area (Å²) in [6.45, 7) is 4.31. The van der Waals surface area contributed by atoms with E-state index < -0.39 is 10.4 Å². The fourth-order valence-corrected chi connectivity index (χ4v) is 3.34. The average Bonchev–Trinajstić information content (AvgIpc) is 2.53. The molecule has 0 amide bonds. The third-order valence-corrected chi connectivity index (χ3v) is 4.79. The molecule has 0 aliphatic heterocycles. The van der Waals surface area contributed by atoms with Crippen molar-refractivity contribution in [3.05, 3.63) is 45.3 Å². The zero-order valence-electron chi connectivity index (χ0n) is 13.6. The van der Waals surface area contributed by atoms with Crippen molar-refractivity contribution in [3.8, 4) is 0 Å². The first-order valence-corrected chi connectivity index (χ1v) is 10.4. The van der Waals surface area contributed by atoms with Crippen molar-refractivity contribution in [2.75, 3.05) is 6.61 Å². The van der Waals surface area contributed by atoms with Gasteiger partial charge < -0.3 is 4.55 Å². The summed E-state index contributed by atoms with van der Waals surface area (Å²) in [6.07, 6.45) is 0. The van der Waals surface area contributed by atoms with Crippen LogP contribution in [-0.4, -0.2) is 24.7 Å². The molecule has 3 aromatic rings. The van der Waals surface area contributed by atoms with E-state index in [1.807, 2.05) is 16.8 Å². The molecule has 0 saturated heterocycles. The van der Waals surface area contributed by atoms with Crippen molar-refractivity contribution in [1.29, 1.82) is 0 Å². The molecule has 0 bridgehead atoms. The van der Waals surface area contributed by atoms with Crippen LogP contribution in [0.15, 0.2) is 45.3 Å². The van der Waals surface area contributed by atoms with Crippen molar-refractivity contribution < 1.29 is 21.8 Å². The number of rotatable bonds is 3. The van der Waals surface area contributed by atoms with E-state index >= 15 is 0 Å². The molecular formula is C16H16Br2N2O4S. The summed E-state index contributed by atoms with van der Waals surface area (Å²) in [5.41, 5.74) is 2.18. The van der Waals surface area contributed by atoms with Crippen LogP contribution in [0.4, 0.5) is 0 Å². The number of hydrogen-bond acceptors (Lipinski definition) is 5. The van der Waals surface area contributed by atoms with E-state index in [9.17, 15) is 13.0 Å². The molecule has 0 N–H and O–H groups in total. The molecule has 2 aromatic carbocycles. The second kappa shape index (κ2) is 8.50. The molecule has 0 unspecified atom stereocenters. The maximum absolute atomic E-state index is 9.45. The van der Waals surface area contributed by atoms with E-state index in [4.69, 9.17) is 0 Å². The van der Waals surface area contributed by atoms with Crippen LogP contribution in [0.1, 0.15) is 13.8 Å². The zero-order chi connectivity index (χ0) is 18.6. The Morgan fingerprint density at radius 2 is 1.68 bits per heavy atom. The minimum absolute atomic E-state index is 0.0914. The Morgan fingerprint density at radius 1 is 1.08 bits per heavy atom. The lowest BCUT2D eigenvalue weighted by Gasteiger charge is -2.03. The van der Waals surface area contributed by atoms with Gasteiger partial charge in [-0.2, -0.15) is 0 Å². The van der Waals surface area contributed by atoms with Crippen LogP contribution in [0.25, 0.3) is 21.8 Å². The molecule has 6 nitrogen and oxygen atoms in total. The number of aromatic nitrogens is 2. The van der Waals surface area contributed by atoms with Crippen molar-refractivity contribution in [1.82, 2.24) is 5.10 Å². The Morgan fingerprint density at radius 3 is 2.20 bits per heavy atom. The molecular weight excluding hydrogens is 476 g/mol. The Balaban J connectivity index is 0.000000277. The summed E-state index contributed by atoms with van der Waals surface area (Å²) < 4.78 is 36.2. The minimum atomic E-state index is -4.42. The van der Waals surface area contributed by atoms with Gasteiger partial charge in [0.1, 0.15) is 5.52 Å². The van der Waals surface area contributed by atoms with Gasteiger partial charge in [0.25, 0.3) is 0 Å². The molecule has 0 atom stereocenters. The van der Waals surface area contributed by atoms with E-state index in [0.717, 1.165) is 26.5 Å². The molecule has 1 aromatic heterocycles. The van der Waals surface area contributed by atoms with Gasteiger partial charge in [0.2, 0.25) is 15.9 Å². The highest BCUT2D eigenvalue weighted by Gasteiger charge is 2.14. The summed E-state index contributed by atoms with van der Waals surface area (Å²) in [5, 5.41) is 7.06. The maximum Gasteiger partial charge on any atom is 0.239 e.